The molecule has 1 amide bonds. The number of aromatic nitrogens is 1. The molecule has 4 nitrogen and oxygen atoms in total. The van der Waals surface area contributed by atoms with Crippen molar-refractivity contribution >= 4 is 17.5 Å². The van der Waals surface area contributed by atoms with Crippen molar-refractivity contribution in [3.63, 3.8) is 0 Å². The number of amides is 1. The van der Waals surface area contributed by atoms with Crippen LogP contribution >= 0.6 is 11.6 Å². The third-order valence-corrected chi connectivity index (χ3v) is 4.95. The van der Waals surface area contributed by atoms with E-state index in [0.29, 0.717) is 23.8 Å². The van der Waals surface area contributed by atoms with Crippen LogP contribution in [0.15, 0.2) is 41.2 Å². The minimum atomic E-state index is -0.350. The first kappa shape index (κ1) is 16.8. The SMILES string of the molecule is CC1(C)CCN(C(=O)c2ccc(-c3ccc(Cl)cc3)[nH]c2=O)CC1. The second-order valence-electron chi connectivity index (χ2n) is 7.08. The van der Waals surface area contributed by atoms with E-state index in [9.17, 15) is 9.59 Å². The number of benzene rings is 1. The van der Waals surface area contributed by atoms with Crippen LogP contribution in [0.4, 0.5) is 0 Å². The molecule has 0 bridgehead atoms. The van der Waals surface area contributed by atoms with Gasteiger partial charge in [0.15, 0.2) is 0 Å². The van der Waals surface area contributed by atoms with E-state index in [-0.39, 0.29) is 22.4 Å². The Labute approximate surface area is 146 Å². The molecule has 126 valence electrons. The molecule has 0 atom stereocenters. The van der Waals surface area contributed by atoms with Crippen molar-refractivity contribution in [2.75, 3.05) is 13.1 Å². The number of H-pyrrole nitrogens is 1. The predicted octanol–water partition coefficient (Wildman–Crippen LogP) is 3.96. The maximum absolute atomic E-state index is 12.6. The van der Waals surface area contributed by atoms with Gasteiger partial charge >= 0.3 is 0 Å². The van der Waals surface area contributed by atoms with E-state index >= 15 is 0 Å². The average molecular weight is 345 g/mol. The summed E-state index contributed by atoms with van der Waals surface area (Å²) in [6, 6.07) is 10.6. The highest BCUT2D eigenvalue weighted by molar-refractivity contribution is 6.30. The Morgan fingerprint density at radius 2 is 1.71 bits per heavy atom. The molecule has 0 aliphatic carbocycles. The van der Waals surface area contributed by atoms with Crippen molar-refractivity contribution in [1.29, 1.82) is 0 Å². The molecule has 0 saturated carbocycles. The molecular weight excluding hydrogens is 324 g/mol. The molecule has 1 aliphatic heterocycles. The van der Waals surface area contributed by atoms with Crippen molar-refractivity contribution in [3.8, 4) is 11.3 Å². The van der Waals surface area contributed by atoms with Gasteiger partial charge in [-0.2, -0.15) is 0 Å². The van der Waals surface area contributed by atoms with Gasteiger partial charge in [-0.25, -0.2) is 0 Å². The molecule has 1 saturated heterocycles. The van der Waals surface area contributed by atoms with Crippen molar-refractivity contribution in [1.82, 2.24) is 9.88 Å². The van der Waals surface area contributed by atoms with Gasteiger partial charge in [-0.15, -0.1) is 0 Å². The summed E-state index contributed by atoms with van der Waals surface area (Å²) in [4.78, 5) is 29.6. The lowest BCUT2D eigenvalue weighted by Crippen LogP contribution is -2.42. The highest BCUT2D eigenvalue weighted by Gasteiger charge is 2.29. The summed E-state index contributed by atoms with van der Waals surface area (Å²) >= 11 is 5.88. The maximum Gasteiger partial charge on any atom is 0.261 e. The normalized spacial score (nSPS) is 16.9. The van der Waals surface area contributed by atoms with Gasteiger partial charge in [0.1, 0.15) is 5.56 Å². The smallest absolute Gasteiger partial charge is 0.261 e. The highest BCUT2D eigenvalue weighted by Crippen LogP contribution is 2.30. The first-order valence-corrected chi connectivity index (χ1v) is 8.52. The molecule has 1 aromatic heterocycles. The summed E-state index contributed by atoms with van der Waals surface area (Å²) in [5.41, 5.74) is 1.65. The number of rotatable bonds is 2. The molecule has 1 N–H and O–H groups in total. The van der Waals surface area contributed by atoms with Crippen molar-refractivity contribution in [3.05, 3.63) is 57.3 Å². The Hall–Kier alpha value is -2.07. The molecule has 0 unspecified atom stereocenters. The molecular formula is C19H21ClN2O2. The monoisotopic (exact) mass is 344 g/mol. The molecule has 0 spiro atoms. The Bertz CT molecular complexity index is 799. The Morgan fingerprint density at radius 1 is 1.08 bits per heavy atom. The Balaban J connectivity index is 1.81. The average Bonchev–Trinajstić information content (AvgIpc) is 2.55. The minimum Gasteiger partial charge on any atom is -0.338 e. The largest absolute Gasteiger partial charge is 0.338 e. The van der Waals surface area contributed by atoms with Crippen molar-refractivity contribution in [2.45, 2.75) is 26.7 Å². The molecule has 3 rings (SSSR count). The Morgan fingerprint density at radius 3 is 2.29 bits per heavy atom. The van der Waals surface area contributed by atoms with Crippen LogP contribution in [0.1, 0.15) is 37.0 Å². The molecule has 1 aromatic carbocycles. The van der Waals surface area contributed by atoms with E-state index in [2.05, 4.69) is 18.8 Å². The summed E-state index contributed by atoms with van der Waals surface area (Å²) in [6.45, 7) is 5.82. The predicted molar refractivity (Wildman–Crippen MR) is 96.4 cm³/mol. The number of halogens is 1. The molecule has 2 aromatic rings. The number of carbonyl (C=O) groups excluding carboxylic acids is 1. The molecule has 2 heterocycles. The summed E-state index contributed by atoms with van der Waals surface area (Å²) in [7, 11) is 0. The van der Waals surface area contributed by atoms with Gasteiger partial charge < -0.3 is 9.88 Å². The molecule has 1 fully saturated rings. The fourth-order valence-corrected chi connectivity index (χ4v) is 3.05. The van der Waals surface area contributed by atoms with Crippen LogP contribution < -0.4 is 5.56 Å². The van der Waals surface area contributed by atoms with E-state index in [1.807, 2.05) is 12.1 Å². The number of piperidine rings is 1. The second kappa shape index (κ2) is 6.44. The summed E-state index contributed by atoms with van der Waals surface area (Å²) in [5.74, 6) is -0.186. The number of nitrogens with zero attached hydrogens (tertiary/aromatic N) is 1. The summed E-state index contributed by atoms with van der Waals surface area (Å²) < 4.78 is 0. The van der Waals surface area contributed by atoms with Crippen LogP contribution in [0.25, 0.3) is 11.3 Å². The van der Waals surface area contributed by atoms with Crippen LogP contribution in [-0.4, -0.2) is 28.9 Å². The highest BCUT2D eigenvalue weighted by atomic mass is 35.5. The van der Waals surface area contributed by atoms with Gasteiger partial charge in [0.05, 0.1) is 0 Å². The number of likely N-dealkylation sites (tertiary alicyclic amines) is 1. The Kier molecular flexibility index (Phi) is 4.50. The summed E-state index contributed by atoms with van der Waals surface area (Å²) in [5, 5.41) is 0.640. The van der Waals surface area contributed by atoms with E-state index in [4.69, 9.17) is 11.6 Å². The van der Waals surface area contributed by atoms with Gasteiger partial charge in [0, 0.05) is 23.8 Å². The van der Waals surface area contributed by atoms with E-state index < -0.39 is 0 Å². The molecule has 5 heteroatoms. The second-order valence-corrected chi connectivity index (χ2v) is 7.51. The number of hydrogen-bond donors (Lipinski definition) is 1. The van der Waals surface area contributed by atoms with Crippen molar-refractivity contribution < 1.29 is 4.79 Å². The van der Waals surface area contributed by atoms with Crippen LogP contribution in [0.5, 0.6) is 0 Å². The lowest BCUT2D eigenvalue weighted by Gasteiger charge is -2.36. The third-order valence-electron chi connectivity index (χ3n) is 4.70. The zero-order valence-corrected chi connectivity index (χ0v) is 14.7. The van der Waals surface area contributed by atoms with Gasteiger partial charge in [-0.1, -0.05) is 37.6 Å². The number of pyridine rings is 1. The first-order valence-electron chi connectivity index (χ1n) is 8.14. The standard InChI is InChI=1S/C19H21ClN2O2/c1-19(2)9-11-22(12-10-19)18(24)15-7-8-16(21-17(15)23)13-3-5-14(20)6-4-13/h3-8H,9-12H2,1-2H3,(H,21,23). The van der Waals surface area contributed by atoms with Gasteiger partial charge in [-0.3, -0.25) is 9.59 Å². The van der Waals surface area contributed by atoms with Crippen LogP contribution in [0, 0.1) is 5.41 Å². The first-order chi connectivity index (χ1) is 11.4. The van der Waals surface area contributed by atoms with Crippen LogP contribution in [0.3, 0.4) is 0 Å². The summed E-state index contributed by atoms with van der Waals surface area (Å²) in [6.07, 6.45) is 1.92. The van der Waals surface area contributed by atoms with Gasteiger partial charge in [-0.05, 0) is 48.1 Å². The number of aromatic amines is 1. The number of carbonyl (C=O) groups is 1. The molecule has 1 aliphatic rings. The zero-order valence-electron chi connectivity index (χ0n) is 13.9. The van der Waals surface area contributed by atoms with Gasteiger partial charge in [0.2, 0.25) is 0 Å². The van der Waals surface area contributed by atoms with E-state index in [1.165, 1.54) is 0 Å². The maximum atomic E-state index is 12.6. The zero-order chi connectivity index (χ0) is 17.3. The van der Waals surface area contributed by atoms with Gasteiger partial charge in [0.25, 0.3) is 11.5 Å². The van der Waals surface area contributed by atoms with Crippen LogP contribution in [0.2, 0.25) is 5.02 Å². The minimum absolute atomic E-state index is 0.186. The number of hydrogen-bond acceptors (Lipinski definition) is 2. The van der Waals surface area contributed by atoms with Crippen molar-refractivity contribution in [2.24, 2.45) is 5.41 Å². The topological polar surface area (TPSA) is 53.2 Å². The quantitative estimate of drug-likeness (QED) is 0.896. The fourth-order valence-electron chi connectivity index (χ4n) is 2.93. The molecule has 24 heavy (non-hydrogen) atoms. The number of nitrogens with one attached hydrogen (secondary N) is 1. The third kappa shape index (κ3) is 3.54. The molecule has 0 radical (unpaired) electrons. The lowest BCUT2D eigenvalue weighted by molar-refractivity contribution is 0.0628. The van der Waals surface area contributed by atoms with E-state index in [1.54, 1.807) is 29.2 Å². The van der Waals surface area contributed by atoms with E-state index in [0.717, 1.165) is 18.4 Å². The van der Waals surface area contributed by atoms with Crippen LogP contribution in [-0.2, 0) is 0 Å². The lowest BCUT2D eigenvalue weighted by atomic mass is 9.82. The fraction of sp³-hybridized carbons (Fsp3) is 0.368.